The average molecular weight is 299 g/mol. The Morgan fingerprint density at radius 3 is 2.19 bits per heavy atom. The van der Waals surface area contributed by atoms with Crippen molar-refractivity contribution < 1.29 is 19.5 Å². The number of nitrogens with zero attached hydrogens (tertiary/aromatic N) is 1. The van der Waals surface area contributed by atoms with Gasteiger partial charge in [-0.05, 0) is 18.8 Å². The molecule has 1 unspecified atom stereocenters. The Kier molecular flexibility index (Phi) is 6.45. The lowest BCUT2D eigenvalue weighted by Crippen LogP contribution is -2.42. The van der Waals surface area contributed by atoms with E-state index in [-0.39, 0.29) is 11.9 Å². The van der Waals surface area contributed by atoms with E-state index in [9.17, 15) is 19.5 Å². The number of aliphatic carboxylic acids is 1. The van der Waals surface area contributed by atoms with Crippen molar-refractivity contribution in [3.8, 4) is 0 Å². The van der Waals surface area contributed by atoms with E-state index in [1.807, 2.05) is 6.92 Å². The van der Waals surface area contributed by atoms with Crippen LogP contribution in [0.15, 0.2) is 0 Å². The Balaban J connectivity index is 2.40. The minimum absolute atomic E-state index is 0.223. The standard InChI is InChI=1S/C14H25N3O4/c1-4-9-7-10(11(8-9)13(19)20)12(18)15-5-6-16-14(21)17(2)3/h9-11H,4-8H2,1-3H3,(H,15,18)(H,16,21)(H,19,20)/t9?,10-,11+/m0/s1. The number of rotatable bonds is 6. The highest BCUT2D eigenvalue weighted by atomic mass is 16.4. The van der Waals surface area contributed by atoms with Gasteiger partial charge in [0.15, 0.2) is 0 Å². The molecule has 1 rings (SSSR count). The summed E-state index contributed by atoms with van der Waals surface area (Å²) in [6, 6.07) is -0.223. The van der Waals surface area contributed by atoms with Gasteiger partial charge in [0.2, 0.25) is 5.91 Å². The number of amides is 3. The zero-order valence-electron chi connectivity index (χ0n) is 12.9. The number of carboxylic acids is 1. The molecule has 1 aliphatic carbocycles. The molecule has 0 aromatic heterocycles. The number of hydrogen-bond acceptors (Lipinski definition) is 3. The van der Waals surface area contributed by atoms with Crippen molar-refractivity contribution in [1.29, 1.82) is 0 Å². The van der Waals surface area contributed by atoms with Gasteiger partial charge in [0.05, 0.1) is 11.8 Å². The summed E-state index contributed by atoms with van der Waals surface area (Å²) < 4.78 is 0. The first-order chi connectivity index (χ1) is 9.86. The predicted molar refractivity (Wildman–Crippen MR) is 77.7 cm³/mol. The average Bonchev–Trinajstić information content (AvgIpc) is 2.87. The van der Waals surface area contributed by atoms with Crippen molar-refractivity contribution in [2.75, 3.05) is 27.2 Å². The Bertz CT molecular complexity index is 398. The molecule has 120 valence electrons. The van der Waals surface area contributed by atoms with Gasteiger partial charge in [-0.1, -0.05) is 13.3 Å². The molecule has 0 radical (unpaired) electrons. The topological polar surface area (TPSA) is 98.7 Å². The van der Waals surface area contributed by atoms with E-state index in [0.717, 1.165) is 6.42 Å². The monoisotopic (exact) mass is 299 g/mol. The minimum Gasteiger partial charge on any atom is -0.481 e. The first-order valence-corrected chi connectivity index (χ1v) is 7.32. The zero-order chi connectivity index (χ0) is 16.0. The van der Waals surface area contributed by atoms with Gasteiger partial charge in [-0.2, -0.15) is 0 Å². The molecule has 7 heteroatoms. The summed E-state index contributed by atoms with van der Waals surface area (Å²) in [5.41, 5.74) is 0. The van der Waals surface area contributed by atoms with Crippen molar-refractivity contribution in [2.24, 2.45) is 17.8 Å². The maximum Gasteiger partial charge on any atom is 0.316 e. The summed E-state index contributed by atoms with van der Waals surface area (Å²) in [6.07, 6.45) is 2.09. The molecule has 0 saturated heterocycles. The summed E-state index contributed by atoms with van der Waals surface area (Å²) in [6.45, 7) is 2.64. The van der Waals surface area contributed by atoms with E-state index in [2.05, 4.69) is 10.6 Å². The molecule has 0 aromatic rings. The van der Waals surface area contributed by atoms with Crippen molar-refractivity contribution in [3.63, 3.8) is 0 Å². The van der Waals surface area contributed by atoms with Crippen molar-refractivity contribution in [3.05, 3.63) is 0 Å². The summed E-state index contributed by atoms with van der Waals surface area (Å²) in [4.78, 5) is 36.0. The third-order valence-corrected chi connectivity index (χ3v) is 4.00. The molecule has 1 saturated carbocycles. The minimum atomic E-state index is -0.896. The molecular weight excluding hydrogens is 274 g/mol. The maximum atomic E-state index is 12.1. The second kappa shape index (κ2) is 7.85. The third-order valence-electron chi connectivity index (χ3n) is 4.00. The largest absolute Gasteiger partial charge is 0.481 e. The van der Waals surface area contributed by atoms with Gasteiger partial charge in [-0.15, -0.1) is 0 Å². The SMILES string of the molecule is CCC1C[C@H](C(=O)NCCNC(=O)N(C)C)[C@H](C(=O)O)C1. The number of carboxylic acid groups (broad SMARTS) is 1. The van der Waals surface area contributed by atoms with Gasteiger partial charge in [-0.3, -0.25) is 9.59 Å². The lowest BCUT2D eigenvalue weighted by Gasteiger charge is -2.16. The molecule has 0 aromatic carbocycles. The van der Waals surface area contributed by atoms with E-state index in [4.69, 9.17) is 0 Å². The van der Waals surface area contributed by atoms with Gasteiger partial charge in [0, 0.05) is 27.2 Å². The van der Waals surface area contributed by atoms with Crippen molar-refractivity contribution in [1.82, 2.24) is 15.5 Å². The van der Waals surface area contributed by atoms with Crippen LogP contribution in [0.2, 0.25) is 0 Å². The summed E-state index contributed by atoms with van der Waals surface area (Å²) in [7, 11) is 3.27. The molecule has 0 heterocycles. The molecular formula is C14H25N3O4. The molecule has 21 heavy (non-hydrogen) atoms. The fourth-order valence-electron chi connectivity index (χ4n) is 2.68. The van der Waals surface area contributed by atoms with E-state index >= 15 is 0 Å². The Labute approximate surface area is 125 Å². The smallest absolute Gasteiger partial charge is 0.316 e. The van der Waals surface area contributed by atoms with Crippen LogP contribution in [0.25, 0.3) is 0 Å². The predicted octanol–water partition coefficient (Wildman–Crippen LogP) is 0.511. The van der Waals surface area contributed by atoms with E-state index in [1.165, 1.54) is 4.90 Å². The van der Waals surface area contributed by atoms with Crippen molar-refractivity contribution >= 4 is 17.9 Å². The highest BCUT2D eigenvalue weighted by Crippen LogP contribution is 2.38. The molecule has 1 aliphatic rings. The first-order valence-electron chi connectivity index (χ1n) is 7.32. The van der Waals surface area contributed by atoms with Gasteiger partial charge < -0.3 is 20.6 Å². The van der Waals surface area contributed by atoms with Gasteiger partial charge in [-0.25, -0.2) is 4.79 Å². The molecule has 3 atom stereocenters. The Morgan fingerprint density at radius 1 is 1.10 bits per heavy atom. The summed E-state index contributed by atoms with van der Waals surface area (Å²) in [5.74, 6) is -1.87. The number of hydrogen-bond donors (Lipinski definition) is 3. The van der Waals surface area contributed by atoms with Crippen molar-refractivity contribution in [2.45, 2.75) is 26.2 Å². The zero-order valence-corrected chi connectivity index (χ0v) is 12.9. The number of carbonyl (C=O) groups excluding carboxylic acids is 2. The third kappa shape index (κ3) is 4.91. The quantitative estimate of drug-likeness (QED) is 0.622. The van der Waals surface area contributed by atoms with Crippen LogP contribution in [-0.4, -0.2) is 55.1 Å². The summed E-state index contributed by atoms with van der Waals surface area (Å²) in [5, 5.41) is 14.6. The Hall–Kier alpha value is -1.79. The summed E-state index contributed by atoms with van der Waals surface area (Å²) >= 11 is 0. The second-order valence-corrected chi connectivity index (χ2v) is 5.71. The van der Waals surface area contributed by atoms with E-state index in [0.29, 0.717) is 31.8 Å². The molecule has 7 nitrogen and oxygen atoms in total. The van der Waals surface area contributed by atoms with Crippen LogP contribution in [0.5, 0.6) is 0 Å². The number of carbonyl (C=O) groups is 3. The second-order valence-electron chi connectivity index (χ2n) is 5.71. The molecule has 3 N–H and O–H groups in total. The Morgan fingerprint density at radius 2 is 1.67 bits per heavy atom. The fraction of sp³-hybridized carbons (Fsp3) is 0.786. The highest BCUT2D eigenvalue weighted by Gasteiger charge is 2.41. The lowest BCUT2D eigenvalue weighted by atomic mass is 9.95. The van der Waals surface area contributed by atoms with E-state index < -0.39 is 17.8 Å². The molecule has 3 amide bonds. The van der Waals surface area contributed by atoms with Gasteiger partial charge in [0.25, 0.3) is 0 Å². The maximum absolute atomic E-state index is 12.1. The number of nitrogens with one attached hydrogen (secondary N) is 2. The molecule has 0 bridgehead atoms. The molecule has 0 aliphatic heterocycles. The van der Waals surface area contributed by atoms with Crippen LogP contribution in [0, 0.1) is 17.8 Å². The van der Waals surface area contributed by atoms with Crippen LogP contribution < -0.4 is 10.6 Å². The fourth-order valence-corrected chi connectivity index (χ4v) is 2.68. The van der Waals surface area contributed by atoms with Gasteiger partial charge >= 0.3 is 12.0 Å². The molecule has 1 fully saturated rings. The van der Waals surface area contributed by atoms with Crippen LogP contribution >= 0.6 is 0 Å². The highest BCUT2D eigenvalue weighted by molar-refractivity contribution is 5.85. The van der Waals surface area contributed by atoms with Crippen LogP contribution in [0.1, 0.15) is 26.2 Å². The van der Waals surface area contributed by atoms with Gasteiger partial charge in [0.1, 0.15) is 0 Å². The number of urea groups is 1. The van der Waals surface area contributed by atoms with Crippen LogP contribution in [0.3, 0.4) is 0 Å². The lowest BCUT2D eigenvalue weighted by molar-refractivity contribution is -0.146. The van der Waals surface area contributed by atoms with Crippen LogP contribution in [0.4, 0.5) is 4.79 Å². The van der Waals surface area contributed by atoms with Crippen LogP contribution in [-0.2, 0) is 9.59 Å². The normalized spacial score (nSPS) is 24.4. The van der Waals surface area contributed by atoms with E-state index in [1.54, 1.807) is 14.1 Å². The first kappa shape index (κ1) is 17.3. The molecule has 0 spiro atoms.